The summed E-state index contributed by atoms with van der Waals surface area (Å²) in [6.07, 6.45) is 1.04. The van der Waals surface area contributed by atoms with Crippen molar-refractivity contribution in [2.75, 3.05) is 28.3 Å². The van der Waals surface area contributed by atoms with Gasteiger partial charge >= 0.3 is 24.5 Å². The first kappa shape index (κ1) is 58.6. The van der Waals surface area contributed by atoms with Crippen LogP contribution >= 0.6 is 11.6 Å². The molecule has 4 aliphatic rings. The normalized spacial score (nSPS) is 17.5. The van der Waals surface area contributed by atoms with Crippen molar-refractivity contribution in [3.63, 3.8) is 0 Å². The molecule has 76 heavy (non-hydrogen) atoms. The molecule has 4 aliphatic heterocycles. The molecule has 8 heterocycles. The van der Waals surface area contributed by atoms with E-state index in [1.54, 1.807) is 35.9 Å². The third kappa shape index (κ3) is 12.9. The summed E-state index contributed by atoms with van der Waals surface area (Å²) in [5, 5.41) is 3.39. The predicted molar refractivity (Wildman–Crippen MR) is 278 cm³/mol. The van der Waals surface area contributed by atoms with E-state index >= 15 is 0 Å². The maximum atomic E-state index is 13.2. The van der Waals surface area contributed by atoms with E-state index in [2.05, 4.69) is 50.7 Å². The van der Waals surface area contributed by atoms with E-state index in [0.717, 1.165) is 53.4 Å². The number of ether oxygens (including phenoxy) is 2. The number of fused-ring (bicyclic) bond motifs is 6. The highest BCUT2D eigenvalue weighted by molar-refractivity contribution is 6.75. The smallest absolute Gasteiger partial charge is 0.416 e. The van der Waals surface area contributed by atoms with E-state index in [-0.39, 0.29) is 48.9 Å². The number of alkyl halides is 6. The van der Waals surface area contributed by atoms with Gasteiger partial charge in [0.1, 0.15) is 24.8 Å². The number of nitrogens with one attached hydrogen (secondary N) is 1. The quantitative estimate of drug-likeness (QED) is 0.0836. The molecule has 0 bridgehead atoms. The van der Waals surface area contributed by atoms with Crippen LogP contribution in [0.3, 0.4) is 0 Å². The van der Waals surface area contributed by atoms with Gasteiger partial charge < -0.3 is 29.7 Å². The number of benzene rings is 2. The summed E-state index contributed by atoms with van der Waals surface area (Å²) in [5.41, 5.74) is 11.1. The fourth-order valence-corrected chi connectivity index (χ4v) is 9.51. The van der Waals surface area contributed by atoms with Crippen LogP contribution in [0.2, 0.25) is 5.28 Å². The first-order chi connectivity index (χ1) is 35.6. The molecule has 3 N–H and O–H groups in total. The fraction of sp³-hybridized carbons (Fsp3) is 0.451. The number of hydrogen-bond acceptors (Lipinski definition) is 12. The molecular weight excluding hydrogens is 1020 g/mol. The maximum Gasteiger partial charge on any atom is 0.416 e. The molecule has 0 unspecified atom stereocenters. The zero-order chi connectivity index (χ0) is 54.5. The average Bonchev–Trinajstić information content (AvgIpc) is 4.13. The Morgan fingerprint density at radius 1 is 0.658 bits per heavy atom. The molecule has 0 spiro atoms. The van der Waals surface area contributed by atoms with E-state index < -0.39 is 29.6 Å². The van der Waals surface area contributed by atoms with Gasteiger partial charge in [-0.1, -0.05) is 35.1 Å². The molecule has 2 fully saturated rings. The Kier molecular flexibility index (Phi) is 18.9. The molecule has 402 valence electrons. The minimum Gasteiger partial charge on any atom is -0.447 e. The van der Waals surface area contributed by atoms with Crippen LogP contribution in [-0.4, -0.2) is 92.0 Å². The molecule has 6 aromatic rings. The van der Waals surface area contributed by atoms with Gasteiger partial charge in [0.15, 0.2) is 0 Å². The number of nitrogens with zero attached hydrogens (tertiary/aromatic N) is 10. The standard InChI is InChI=1S/C25H27F3N6O2.C15H16F3N3.C10H12ClN3O2.CH4.B2/c1-14(2)20-12-36-24(35)34(20)21-9-10-29-23(32-21)31-15(3)22-19-6-4-5-16-11-17(25(26,27)28)7-8-18(16)33(19)13-30-22;1-9(19)14-13-4-2-3-10-7-11(15(16,17)18)5-6-12(10)21(13)8-20-14;1-6(2)7-5-16-10(15)14(7)8-3-4-12-9(11)13-8;;1-2/h7-11,13-15,20H,4-6,12H2,1-3H3,(H,29,31,32);5-9H,2-4,19H2,1H3;3-4,6-7H,5H2,1-2H3;1H4;/t15-,20+;9-;7-;;/m001../s1. The van der Waals surface area contributed by atoms with Gasteiger partial charge in [-0.05, 0) is 135 Å². The first-order valence-electron chi connectivity index (χ1n) is 24.2. The van der Waals surface area contributed by atoms with Gasteiger partial charge in [0.05, 0.1) is 53.3 Å². The van der Waals surface area contributed by atoms with Gasteiger partial charge in [0, 0.05) is 56.7 Å². The number of amides is 2. The lowest BCUT2D eigenvalue weighted by Crippen LogP contribution is -2.37. The molecule has 4 atom stereocenters. The first-order valence-corrected chi connectivity index (χ1v) is 24.6. The van der Waals surface area contributed by atoms with Crippen LogP contribution < -0.4 is 20.9 Å². The van der Waals surface area contributed by atoms with Gasteiger partial charge in [-0.2, -0.15) is 31.3 Å². The average molecular weight is 1080 g/mol. The second kappa shape index (κ2) is 24.5. The Morgan fingerprint density at radius 3 is 1.55 bits per heavy atom. The van der Waals surface area contributed by atoms with E-state index in [1.165, 1.54) is 35.4 Å². The van der Waals surface area contributed by atoms with E-state index in [0.29, 0.717) is 79.2 Å². The highest BCUT2D eigenvalue weighted by atomic mass is 35.5. The minimum atomic E-state index is -4.38. The summed E-state index contributed by atoms with van der Waals surface area (Å²) in [5.74, 6) is 1.77. The van der Waals surface area contributed by atoms with Gasteiger partial charge in [-0.15, -0.1) is 0 Å². The van der Waals surface area contributed by atoms with Crippen molar-refractivity contribution in [2.24, 2.45) is 17.6 Å². The summed E-state index contributed by atoms with van der Waals surface area (Å²) in [7, 11) is 8.00. The van der Waals surface area contributed by atoms with Crippen molar-refractivity contribution < 1.29 is 45.4 Å². The lowest BCUT2D eigenvalue weighted by molar-refractivity contribution is -0.138. The van der Waals surface area contributed by atoms with Gasteiger partial charge in [0.25, 0.3) is 0 Å². The second-order valence-electron chi connectivity index (χ2n) is 18.9. The zero-order valence-electron chi connectivity index (χ0n) is 42.0. The Hall–Kier alpha value is -6.68. The molecular formula is C51H59B2ClF6N12O4. The van der Waals surface area contributed by atoms with Gasteiger partial charge in [-0.25, -0.2) is 34.5 Å². The van der Waals surface area contributed by atoms with Gasteiger partial charge in [0.2, 0.25) is 11.2 Å². The summed E-state index contributed by atoms with van der Waals surface area (Å²) in [6, 6.07) is 10.5. The molecule has 2 saturated heterocycles. The Morgan fingerprint density at radius 2 is 1.11 bits per heavy atom. The Balaban J connectivity index is 0.000000198. The summed E-state index contributed by atoms with van der Waals surface area (Å²) < 4.78 is 92.1. The molecule has 25 heteroatoms. The highest BCUT2D eigenvalue weighted by Gasteiger charge is 2.39. The summed E-state index contributed by atoms with van der Waals surface area (Å²) in [6.45, 7) is 12.6. The number of cyclic esters (lactones) is 2. The second-order valence-corrected chi connectivity index (χ2v) is 19.2. The lowest BCUT2D eigenvalue weighted by Gasteiger charge is -2.23. The minimum absolute atomic E-state index is 0. The topological polar surface area (TPSA) is 184 Å². The molecule has 4 radical (unpaired) electrons. The number of aromatic nitrogens is 8. The molecule has 10 rings (SSSR count). The SMILES string of the molecule is C.CC(C)[C@H]1COC(=O)N1c1ccnc(Cl)n1.CC(C)[C@H]1COC(=O)N1c1ccnc(N[C@@H](C)c2ncn3c2CCCc2cc(C(F)(F)F)ccc2-3)n1.C[C@H](N)c1ncn2c1CCCc1cc(C(F)(F)F)ccc1-2.[B][B]. The highest BCUT2D eigenvalue weighted by Crippen LogP contribution is 2.37. The lowest BCUT2D eigenvalue weighted by atomic mass is 9.81. The fourth-order valence-electron chi connectivity index (χ4n) is 9.37. The van der Waals surface area contributed by atoms with Crippen LogP contribution in [0.15, 0.2) is 73.6 Å². The van der Waals surface area contributed by atoms with Crippen molar-refractivity contribution >= 4 is 56.8 Å². The van der Waals surface area contributed by atoms with Crippen molar-refractivity contribution in [1.29, 1.82) is 0 Å². The monoisotopic (exact) mass is 1070 g/mol. The van der Waals surface area contributed by atoms with Gasteiger partial charge in [-0.3, -0.25) is 9.80 Å². The molecule has 4 aromatic heterocycles. The van der Waals surface area contributed by atoms with E-state index in [1.807, 2.05) is 50.7 Å². The largest absolute Gasteiger partial charge is 0.447 e. The van der Waals surface area contributed by atoms with Crippen molar-refractivity contribution in [3.05, 3.63) is 124 Å². The third-order valence-corrected chi connectivity index (χ3v) is 13.3. The van der Waals surface area contributed by atoms with Crippen LogP contribution in [0, 0.1) is 11.8 Å². The van der Waals surface area contributed by atoms with Crippen molar-refractivity contribution in [1.82, 2.24) is 39.0 Å². The number of halogens is 7. The predicted octanol–water partition coefficient (Wildman–Crippen LogP) is 10.7. The third-order valence-electron chi connectivity index (χ3n) is 13.1. The Labute approximate surface area is 445 Å². The van der Waals surface area contributed by atoms with Crippen LogP contribution in [0.25, 0.3) is 11.4 Å². The number of nitrogens with two attached hydrogens (primary N) is 1. The Bertz CT molecular complexity index is 2970. The number of aryl methyl sites for hydroxylation is 2. The number of hydrogen-bond donors (Lipinski definition) is 2. The molecule has 0 saturated carbocycles. The molecule has 16 nitrogen and oxygen atoms in total. The number of carbonyl (C=O) groups excluding carboxylic acids is 2. The summed E-state index contributed by atoms with van der Waals surface area (Å²) in [4.78, 5) is 52.6. The van der Waals surface area contributed by atoms with E-state index in [9.17, 15) is 35.9 Å². The molecule has 2 amide bonds. The van der Waals surface area contributed by atoms with Crippen molar-refractivity contribution in [2.45, 2.75) is 124 Å². The van der Waals surface area contributed by atoms with Crippen molar-refractivity contribution in [3.8, 4) is 11.4 Å². The van der Waals surface area contributed by atoms with E-state index in [4.69, 9.17) is 26.8 Å². The number of anilines is 3. The van der Waals surface area contributed by atoms with Crippen LogP contribution in [0.1, 0.15) is 119 Å². The van der Waals surface area contributed by atoms with Crippen LogP contribution in [0.4, 0.5) is 53.5 Å². The van der Waals surface area contributed by atoms with Crippen LogP contribution in [-0.2, 0) is 47.5 Å². The molecule has 0 aliphatic carbocycles. The molecule has 2 aromatic carbocycles. The number of carbonyl (C=O) groups is 2. The number of rotatable bonds is 8. The summed E-state index contributed by atoms with van der Waals surface area (Å²) >= 11 is 5.70. The van der Waals surface area contributed by atoms with Crippen LogP contribution in [0.5, 0.6) is 0 Å². The maximum absolute atomic E-state index is 13.2. The number of imidazole rings is 2. The zero-order valence-corrected chi connectivity index (χ0v) is 42.8.